The summed E-state index contributed by atoms with van der Waals surface area (Å²) in [5, 5.41) is 2.70. The minimum atomic E-state index is -1.06. The number of ether oxygens (including phenoxy) is 4. The summed E-state index contributed by atoms with van der Waals surface area (Å²) in [4.78, 5) is 28.5. The lowest BCUT2D eigenvalue weighted by Gasteiger charge is -2.21. The highest BCUT2D eigenvalue weighted by atomic mass is 35.5. The average Bonchev–Trinajstić information content (AvgIpc) is 2.68. The Labute approximate surface area is 160 Å². The largest absolute Gasteiger partial charge is 0.493 e. The SMILES string of the molecule is COc1cc(C(=O)O[C@H](C)C(=O)Nc2cccnc2Cl)cc2c1OCCO2. The van der Waals surface area contributed by atoms with E-state index >= 15 is 0 Å². The van der Waals surface area contributed by atoms with Crippen molar-refractivity contribution in [2.24, 2.45) is 0 Å². The molecule has 1 atom stereocenters. The number of hydrogen-bond acceptors (Lipinski definition) is 7. The van der Waals surface area contributed by atoms with Crippen LogP contribution >= 0.6 is 11.6 Å². The molecule has 0 bridgehead atoms. The van der Waals surface area contributed by atoms with Crippen LogP contribution in [0.4, 0.5) is 5.69 Å². The van der Waals surface area contributed by atoms with E-state index in [1.807, 2.05) is 0 Å². The van der Waals surface area contributed by atoms with E-state index in [9.17, 15) is 9.59 Å². The number of rotatable bonds is 5. The number of nitrogens with one attached hydrogen (secondary N) is 1. The quantitative estimate of drug-likeness (QED) is 0.617. The monoisotopic (exact) mass is 392 g/mol. The zero-order chi connectivity index (χ0) is 19.4. The molecule has 0 fully saturated rings. The molecule has 2 aromatic rings. The molecule has 1 aliphatic rings. The third-order valence-electron chi connectivity index (χ3n) is 3.73. The number of pyridine rings is 1. The second-order valence-electron chi connectivity index (χ2n) is 5.58. The van der Waals surface area contributed by atoms with Crippen LogP contribution in [0.1, 0.15) is 17.3 Å². The van der Waals surface area contributed by atoms with Crippen molar-refractivity contribution in [3.05, 3.63) is 41.2 Å². The van der Waals surface area contributed by atoms with Crippen LogP contribution < -0.4 is 19.5 Å². The van der Waals surface area contributed by atoms with Crippen molar-refractivity contribution in [3.8, 4) is 17.2 Å². The van der Waals surface area contributed by atoms with Crippen molar-refractivity contribution in [2.45, 2.75) is 13.0 Å². The van der Waals surface area contributed by atoms with Gasteiger partial charge in [0.25, 0.3) is 5.91 Å². The first-order valence-electron chi connectivity index (χ1n) is 8.09. The zero-order valence-corrected chi connectivity index (χ0v) is 15.4. The van der Waals surface area contributed by atoms with Gasteiger partial charge < -0.3 is 24.3 Å². The smallest absolute Gasteiger partial charge is 0.339 e. The Morgan fingerprint density at radius 1 is 1.30 bits per heavy atom. The molecule has 1 aromatic carbocycles. The maximum Gasteiger partial charge on any atom is 0.339 e. The molecule has 0 saturated carbocycles. The van der Waals surface area contributed by atoms with Crippen molar-refractivity contribution in [1.29, 1.82) is 0 Å². The van der Waals surface area contributed by atoms with E-state index < -0.39 is 18.0 Å². The van der Waals surface area contributed by atoms with Crippen molar-refractivity contribution < 1.29 is 28.5 Å². The number of amides is 1. The Morgan fingerprint density at radius 3 is 2.81 bits per heavy atom. The van der Waals surface area contributed by atoms with Crippen LogP contribution in [0.15, 0.2) is 30.5 Å². The van der Waals surface area contributed by atoms with Gasteiger partial charge in [0.2, 0.25) is 5.75 Å². The van der Waals surface area contributed by atoms with E-state index in [-0.39, 0.29) is 10.7 Å². The van der Waals surface area contributed by atoms with Gasteiger partial charge in [0.15, 0.2) is 22.8 Å². The summed E-state index contributed by atoms with van der Waals surface area (Å²) >= 11 is 5.90. The fourth-order valence-electron chi connectivity index (χ4n) is 2.39. The number of carbonyl (C=O) groups is 2. The summed E-state index contributed by atoms with van der Waals surface area (Å²) in [6, 6.07) is 6.17. The second-order valence-corrected chi connectivity index (χ2v) is 5.94. The molecule has 0 unspecified atom stereocenters. The standard InChI is InChI=1S/C18H17ClN2O6/c1-10(17(22)21-12-4-3-5-20-16(12)19)27-18(23)11-8-13(24-2)15-14(9-11)25-6-7-26-15/h3-5,8-10H,6-7H2,1-2H3,(H,21,22)/t10-/m1/s1. The Balaban J connectivity index is 1.71. The van der Waals surface area contributed by atoms with Crippen molar-refractivity contribution in [2.75, 3.05) is 25.6 Å². The zero-order valence-electron chi connectivity index (χ0n) is 14.7. The van der Waals surface area contributed by atoms with Crippen LogP contribution in [0.3, 0.4) is 0 Å². The average molecular weight is 393 g/mol. The third-order valence-corrected chi connectivity index (χ3v) is 4.03. The van der Waals surface area contributed by atoms with Crippen molar-refractivity contribution >= 4 is 29.2 Å². The van der Waals surface area contributed by atoms with Crippen LogP contribution in [0.25, 0.3) is 0 Å². The molecular weight excluding hydrogens is 376 g/mol. The van der Waals surface area contributed by atoms with E-state index in [2.05, 4.69) is 10.3 Å². The second kappa shape index (κ2) is 8.13. The Morgan fingerprint density at radius 2 is 2.07 bits per heavy atom. The summed E-state index contributed by atoms with van der Waals surface area (Å²) in [6.45, 7) is 2.20. The van der Waals surface area contributed by atoms with E-state index in [0.29, 0.717) is 36.1 Å². The topological polar surface area (TPSA) is 96.0 Å². The minimum Gasteiger partial charge on any atom is -0.493 e. The molecule has 9 heteroatoms. The number of hydrogen-bond donors (Lipinski definition) is 1. The fourth-order valence-corrected chi connectivity index (χ4v) is 2.55. The predicted molar refractivity (Wildman–Crippen MR) is 96.7 cm³/mol. The van der Waals surface area contributed by atoms with Crippen LogP contribution in [-0.4, -0.2) is 43.3 Å². The van der Waals surface area contributed by atoms with Gasteiger partial charge in [-0.1, -0.05) is 11.6 Å². The lowest BCUT2D eigenvalue weighted by Crippen LogP contribution is -2.30. The van der Waals surface area contributed by atoms with Crippen LogP contribution in [0.2, 0.25) is 5.15 Å². The van der Waals surface area contributed by atoms with Crippen LogP contribution in [0, 0.1) is 0 Å². The van der Waals surface area contributed by atoms with Crippen LogP contribution in [-0.2, 0) is 9.53 Å². The van der Waals surface area contributed by atoms with Crippen molar-refractivity contribution in [3.63, 3.8) is 0 Å². The summed E-state index contributed by atoms with van der Waals surface area (Å²) < 4.78 is 21.4. The maximum atomic E-state index is 12.4. The molecule has 27 heavy (non-hydrogen) atoms. The van der Waals surface area contributed by atoms with Gasteiger partial charge in [0.1, 0.15) is 13.2 Å². The molecule has 0 saturated heterocycles. The van der Waals surface area contributed by atoms with Gasteiger partial charge in [-0.15, -0.1) is 0 Å². The lowest BCUT2D eigenvalue weighted by molar-refractivity contribution is -0.123. The molecule has 142 valence electrons. The molecule has 3 rings (SSSR count). The highest BCUT2D eigenvalue weighted by molar-refractivity contribution is 6.32. The number of fused-ring (bicyclic) bond motifs is 1. The molecule has 1 aliphatic heterocycles. The first kappa shape index (κ1) is 18.8. The van der Waals surface area contributed by atoms with Gasteiger partial charge in [-0.05, 0) is 31.2 Å². The summed E-state index contributed by atoms with van der Waals surface area (Å²) in [7, 11) is 1.45. The molecule has 2 heterocycles. The van der Waals surface area contributed by atoms with Gasteiger partial charge in [-0.2, -0.15) is 0 Å². The number of benzene rings is 1. The van der Waals surface area contributed by atoms with E-state index in [1.165, 1.54) is 32.4 Å². The fraction of sp³-hybridized carbons (Fsp3) is 0.278. The molecule has 0 radical (unpaired) electrons. The molecule has 0 aliphatic carbocycles. The molecular formula is C18H17ClN2O6. The van der Waals surface area contributed by atoms with Gasteiger partial charge in [0.05, 0.1) is 18.4 Å². The maximum absolute atomic E-state index is 12.4. The first-order valence-corrected chi connectivity index (χ1v) is 8.47. The van der Waals surface area contributed by atoms with Crippen molar-refractivity contribution in [1.82, 2.24) is 4.98 Å². The number of nitrogens with zero attached hydrogens (tertiary/aromatic N) is 1. The van der Waals surface area contributed by atoms with Gasteiger partial charge in [-0.3, -0.25) is 4.79 Å². The Hall–Kier alpha value is -3.00. The molecule has 8 nitrogen and oxygen atoms in total. The van der Waals surface area contributed by atoms with E-state index in [4.69, 9.17) is 30.5 Å². The highest BCUT2D eigenvalue weighted by Gasteiger charge is 2.24. The summed E-state index contributed by atoms with van der Waals surface area (Å²) in [5.41, 5.74) is 0.503. The number of aromatic nitrogens is 1. The van der Waals surface area contributed by atoms with Gasteiger partial charge in [-0.25, -0.2) is 9.78 Å². The third kappa shape index (κ3) is 4.22. The first-order chi connectivity index (χ1) is 13.0. The molecule has 1 N–H and O–H groups in total. The van der Waals surface area contributed by atoms with Gasteiger partial charge in [0, 0.05) is 6.20 Å². The Bertz CT molecular complexity index is 856. The van der Waals surface area contributed by atoms with Gasteiger partial charge >= 0.3 is 5.97 Å². The Kier molecular flexibility index (Phi) is 5.66. The number of halogens is 1. The number of esters is 1. The number of methoxy groups -OCH3 is 1. The molecule has 1 aromatic heterocycles. The predicted octanol–water partition coefficient (Wildman–Crippen LogP) is 2.70. The molecule has 1 amide bonds. The number of carbonyl (C=O) groups excluding carboxylic acids is 2. The van der Waals surface area contributed by atoms with E-state index in [1.54, 1.807) is 12.1 Å². The minimum absolute atomic E-state index is 0.140. The number of anilines is 1. The highest BCUT2D eigenvalue weighted by Crippen LogP contribution is 2.40. The lowest BCUT2D eigenvalue weighted by atomic mass is 10.1. The molecule has 0 spiro atoms. The van der Waals surface area contributed by atoms with Crippen LogP contribution in [0.5, 0.6) is 17.2 Å². The summed E-state index contributed by atoms with van der Waals surface area (Å²) in [5.74, 6) is -0.0875. The van der Waals surface area contributed by atoms with E-state index in [0.717, 1.165) is 0 Å². The summed E-state index contributed by atoms with van der Waals surface area (Å²) in [6.07, 6.45) is 0.435. The normalized spacial score (nSPS) is 13.4.